The van der Waals surface area contributed by atoms with Crippen LogP contribution in [0.3, 0.4) is 0 Å². The van der Waals surface area contributed by atoms with Gasteiger partial charge in [-0.05, 0) is 19.8 Å². The normalized spacial score (nSPS) is 22.5. The van der Waals surface area contributed by atoms with Crippen molar-refractivity contribution in [1.29, 1.82) is 0 Å². The molecule has 1 saturated carbocycles. The molecule has 0 aliphatic heterocycles. The number of Topliss-reactive ketones (excluding diaryl/α,β-unsaturated/α-hetero) is 1. The van der Waals surface area contributed by atoms with Gasteiger partial charge in [-0.2, -0.15) is 0 Å². The molecule has 100 valence electrons. The van der Waals surface area contributed by atoms with Gasteiger partial charge in [0, 0.05) is 30.5 Å². The maximum atomic E-state index is 11.8. The van der Waals surface area contributed by atoms with Gasteiger partial charge in [-0.25, -0.2) is 4.79 Å². The minimum atomic E-state index is -1.16. The second-order valence-corrected chi connectivity index (χ2v) is 4.64. The Balaban J connectivity index is 2.52. The molecule has 18 heavy (non-hydrogen) atoms. The van der Waals surface area contributed by atoms with Crippen LogP contribution in [-0.2, 0) is 14.4 Å². The topological polar surface area (TPSA) is 83.5 Å². The minimum absolute atomic E-state index is 0.144. The highest BCUT2D eigenvalue weighted by Crippen LogP contribution is 2.22. The molecule has 1 aliphatic rings. The first-order chi connectivity index (χ1) is 8.50. The lowest BCUT2D eigenvalue weighted by molar-refractivity contribution is -0.132. The molecule has 1 amide bonds. The van der Waals surface area contributed by atoms with Crippen molar-refractivity contribution in [2.45, 2.75) is 45.1 Å². The first kappa shape index (κ1) is 14.4. The zero-order valence-electron chi connectivity index (χ0n) is 10.5. The standard InChI is InChI=1S/C13H19NO4/c1-9(14-12(16)7-8-13(17)18)10-5-3-2-4-6-11(10)15/h7-10H,2-6H2,1H3,(H,14,16)(H,17,18). The number of rotatable bonds is 4. The van der Waals surface area contributed by atoms with Crippen molar-refractivity contribution < 1.29 is 19.5 Å². The second kappa shape index (κ2) is 6.93. The maximum absolute atomic E-state index is 11.8. The lowest BCUT2D eigenvalue weighted by Crippen LogP contribution is -2.40. The third-order valence-corrected chi connectivity index (χ3v) is 3.20. The quantitative estimate of drug-likeness (QED) is 0.584. The molecule has 0 aromatic carbocycles. The summed E-state index contributed by atoms with van der Waals surface area (Å²) in [6.45, 7) is 1.79. The summed E-state index contributed by atoms with van der Waals surface area (Å²) in [5.41, 5.74) is 0. The highest BCUT2D eigenvalue weighted by molar-refractivity contribution is 5.94. The number of carboxylic acids is 1. The molecule has 2 unspecified atom stereocenters. The Bertz CT molecular complexity index is 362. The van der Waals surface area contributed by atoms with Crippen LogP contribution in [0.25, 0.3) is 0 Å². The molecule has 0 bridgehead atoms. The number of aliphatic carboxylic acids is 1. The van der Waals surface area contributed by atoms with Crippen molar-refractivity contribution in [3.05, 3.63) is 12.2 Å². The fourth-order valence-electron chi connectivity index (χ4n) is 2.24. The molecule has 0 aromatic heterocycles. The van der Waals surface area contributed by atoms with E-state index in [0.29, 0.717) is 6.42 Å². The highest BCUT2D eigenvalue weighted by Gasteiger charge is 2.26. The second-order valence-electron chi connectivity index (χ2n) is 4.64. The summed E-state index contributed by atoms with van der Waals surface area (Å²) >= 11 is 0. The van der Waals surface area contributed by atoms with E-state index in [1.54, 1.807) is 6.92 Å². The van der Waals surface area contributed by atoms with Gasteiger partial charge < -0.3 is 10.4 Å². The number of amides is 1. The Kier molecular flexibility index (Phi) is 5.55. The lowest BCUT2D eigenvalue weighted by atomic mass is 9.92. The largest absolute Gasteiger partial charge is 0.478 e. The van der Waals surface area contributed by atoms with Crippen LogP contribution in [-0.4, -0.2) is 28.8 Å². The summed E-state index contributed by atoms with van der Waals surface area (Å²) in [4.78, 5) is 33.5. The maximum Gasteiger partial charge on any atom is 0.328 e. The predicted molar refractivity (Wildman–Crippen MR) is 66.0 cm³/mol. The third-order valence-electron chi connectivity index (χ3n) is 3.20. The molecular formula is C13H19NO4. The number of carboxylic acid groups (broad SMARTS) is 1. The molecular weight excluding hydrogens is 234 g/mol. The molecule has 1 fully saturated rings. The number of carbonyl (C=O) groups excluding carboxylic acids is 2. The van der Waals surface area contributed by atoms with E-state index in [1.165, 1.54) is 0 Å². The van der Waals surface area contributed by atoms with Crippen LogP contribution in [0.5, 0.6) is 0 Å². The van der Waals surface area contributed by atoms with E-state index in [-0.39, 0.29) is 17.7 Å². The Hall–Kier alpha value is -1.65. The zero-order valence-corrected chi connectivity index (χ0v) is 10.5. The van der Waals surface area contributed by atoms with Gasteiger partial charge >= 0.3 is 5.97 Å². The Morgan fingerprint density at radius 3 is 2.72 bits per heavy atom. The van der Waals surface area contributed by atoms with E-state index in [0.717, 1.165) is 37.8 Å². The zero-order chi connectivity index (χ0) is 13.5. The van der Waals surface area contributed by atoms with E-state index in [9.17, 15) is 14.4 Å². The highest BCUT2D eigenvalue weighted by atomic mass is 16.4. The van der Waals surface area contributed by atoms with Gasteiger partial charge in [0.2, 0.25) is 5.91 Å². The molecule has 0 saturated heterocycles. The molecule has 0 heterocycles. The van der Waals surface area contributed by atoms with Crippen molar-refractivity contribution in [2.24, 2.45) is 5.92 Å². The summed E-state index contributed by atoms with van der Waals surface area (Å²) in [7, 11) is 0. The van der Waals surface area contributed by atoms with Gasteiger partial charge in [0.25, 0.3) is 0 Å². The molecule has 1 rings (SSSR count). The van der Waals surface area contributed by atoms with E-state index in [1.807, 2.05) is 0 Å². The van der Waals surface area contributed by atoms with Crippen molar-refractivity contribution >= 4 is 17.7 Å². The summed E-state index contributed by atoms with van der Waals surface area (Å²) in [6, 6.07) is -0.249. The van der Waals surface area contributed by atoms with Crippen LogP contribution < -0.4 is 5.32 Å². The summed E-state index contributed by atoms with van der Waals surface area (Å²) in [6.07, 6.45) is 6.12. The van der Waals surface area contributed by atoms with Crippen molar-refractivity contribution in [2.75, 3.05) is 0 Å². The number of hydrogen-bond acceptors (Lipinski definition) is 3. The van der Waals surface area contributed by atoms with E-state index >= 15 is 0 Å². The van der Waals surface area contributed by atoms with E-state index in [4.69, 9.17) is 5.11 Å². The number of hydrogen-bond donors (Lipinski definition) is 2. The van der Waals surface area contributed by atoms with Crippen molar-refractivity contribution in [1.82, 2.24) is 5.32 Å². The average molecular weight is 253 g/mol. The summed E-state index contributed by atoms with van der Waals surface area (Å²) < 4.78 is 0. The molecule has 2 N–H and O–H groups in total. The van der Waals surface area contributed by atoms with Crippen molar-refractivity contribution in [3.63, 3.8) is 0 Å². The first-order valence-electron chi connectivity index (χ1n) is 6.25. The van der Waals surface area contributed by atoms with Crippen LogP contribution in [0.4, 0.5) is 0 Å². The fraction of sp³-hybridized carbons (Fsp3) is 0.615. The molecule has 0 radical (unpaired) electrons. The monoisotopic (exact) mass is 253 g/mol. The number of ketones is 1. The number of nitrogens with one attached hydrogen (secondary N) is 1. The SMILES string of the molecule is CC(NC(=O)C=CC(=O)O)C1CCCCCC1=O. The van der Waals surface area contributed by atoms with Crippen LogP contribution in [0.2, 0.25) is 0 Å². The Morgan fingerprint density at radius 2 is 2.06 bits per heavy atom. The fourth-order valence-corrected chi connectivity index (χ4v) is 2.24. The van der Waals surface area contributed by atoms with Gasteiger partial charge in [0.05, 0.1) is 0 Å². The molecule has 0 aromatic rings. The Morgan fingerprint density at radius 1 is 1.33 bits per heavy atom. The molecule has 1 aliphatic carbocycles. The van der Waals surface area contributed by atoms with Gasteiger partial charge in [-0.3, -0.25) is 9.59 Å². The molecule has 0 spiro atoms. The first-order valence-corrected chi connectivity index (χ1v) is 6.25. The smallest absolute Gasteiger partial charge is 0.328 e. The van der Waals surface area contributed by atoms with Gasteiger partial charge in [0.1, 0.15) is 5.78 Å². The van der Waals surface area contributed by atoms with Crippen molar-refractivity contribution in [3.8, 4) is 0 Å². The average Bonchev–Trinajstić information content (AvgIpc) is 2.51. The number of carbonyl (C=O) groups is 3. The van der Waals surface area contributed by atoms with Crippen LogP contribution in [0.15, 0.2) is 12.2 Å². The lowest BCUT2D eigenvalue weighted by Gasteiger charge is -2.21. The van der Waals surface area contributed by atoms with Gasteiger partial charge in [-0.15, -0.1) is 0 Å². The van der Waals surface area contributed by atoms with Gasteiger partial charge in [0.15, 0.2) is 0 Å². The predicted octanol–water partition coefficient (Wildman–Crippen LogP) is 1.28. The summed E-state index contributed by atoms with van der Waals surface area (Å²) in [5, 5.41) is 11.1. The molecule has 5 nitrogen and oxygen atoms in total. The van der Waals surface area contributed by atoms with Gasteiger partial charge in [-0.1, -0.05) is 12.8 Å². The van der Waals surface area contributed by atoms with E-state index < -0.39 is 11.9 Å². The molecule has 5 heteroatoms. The molecule has 2 atom stereocenters. The third kappa shape index (κ3) is 4.69. The van der Waals surface area contributed by atoms with Crippen LogP contribution in [0.1, 0.15) is 39.0 Å². The minimum Gasteiger partial charge on any atom is -0.478 e. The van der Waals surface area contributed by atoms with E-state index in [2.05, 4.69) is 5.32 Å². The van der Waals surface area contributed by atoms with Crippen LogP contribution in [0, 0.1) is 5.92 Å². The van der Waals surface area contributed by atoms with Crippen LogP contribution >= 0.6 is 0 Å². The summed E-state index contributed by atoms with van der Waals surface area (Å²) in [5.74, 6) is -1.58. The Labute approximate surface area is 106 Å².